The molecule has 0 N–H and O–H groups in total. The third kappa shape index (κ3) is 3.37. The number of likely N-dealkylation sites (tertiary alicyclic amines) is 1. The van der Waals surface area contributed by atoms with Gasteiger partial charge in [0.2, 0.25) is 0 Å². The number of amides is 1. The maximum Gasteiger partial charge on any atom is 0.255 e. The predicted molar refractivity (Wildman–Crippen MR) is 111 cm³/mol. The lowest BCUT2D eigenvalue weighted by atomic mass is 9.93. The third-order valence-corrected chi connectivity index (χ3v) is 7.60. The number of carbonyl (C=O) groups is 1. The number of hydrogen-bond acceptors (Lipinski definition) is 5. The van der Waals surface area contributed by atoms with Crippen LogP contribution in [0.25, 0.3) is 0 Å². The van der Waals surface area contributed by atoms with Gasteiger partial charge in [0.15, 0.2) is 0 Å². The first-order chi connectivity index (χ1) is 13.7. The fourth-order valence-electron chi connectivity index (χ4n) is 4.89. The van der Waals surface area contributed by atoms with Crippen LogP contribution in [0.3, 0.4) is 0 Å². The van der Waals surface area contributed by atoms with Gasteiger partial charge >= 0.3 is 0 Å². The number of likely N-dealkylation sites (N-methyl/N-ethyl adjacent to an activating group) is 1. The van der Waals surface area contributed by atoms with E-state index in [1.807, 2.05) is 6.20 Å². The van der Waals surface area contributed by atoms with Crippen LogP contribution in [0.4, 0.5) is 0 Å². The van der Waals surface area contributed by atoms with Gasteiger partial charge in [-0.3, -0.25) is 4.79 Å². The Morgan fingerprint density at radius 3 is 3.00 bits per heavy atom. The Balaban J connectivity index is 1.34. The molecule has 148 valence electrons. The van der Waals surface area contributed by atoms with Crippen molar-refractivity contribution in [3.8, 4) is 0 Å². The molecule has 0 spiro atoms. The molecule has 1 aliphatic carbocycles. The van der Waals surface area contributed by atoms with Crippen LogP contribution in [0, 0.1) is 0 Å². The summed E-state index contributed by atoms with van der Waals surface area (Å²) in [6.45, 7) is 3.61. The summed E-state index contributed by atoms with van der Waals surface area (Å²) in [7, 11) is 2.14. The molecule has 1 saturated heterocycles. The zero-order chi connectivity index (χ0) is 19.1. The van der Waals surface area contributed by atoms with Gasteiger partial charge in [-0.15, -0.1) is 11.3 Å². The molecule has 5 nitrogen and oxygen atoms in total. The van der Waals surface area contributed by atoms with E-state index in [1.165, 1.54) is 34.5 Å². The van der Waals surface area contributed by atoms with Crippen LogP contribution in [0.15, 0.2) is 11.6 Å². The largest absolute Gasteiger partial charge is 0.338 e. The minimum absolute atomic E-state index is 0.226. The Labute approximate surface area is 170 Å². The van der Waals surface area contributed by atoms with Gasteiger partial charge in [-0.1, -0.05) is 0 Å². The highest BCUT2D eigenvalue weighted by Gasteiger charge is 2.30. The normalized spacial score (nSPS) is 22.6. The molecule has 0 unspecified atom stereocenters. The highest BCUT2D eigenvalue weighted by atomic mass is 32.1. The van der Waals surface area contributed by atoms with Crippen LogP contribution in [0.5, 0.6) is 0 Å². The van der Waals surface area contributed by atoms with Crippen molar-refractivity contribution in [2.24, 2.45) is 0 Å². The minimum atomic E-state index is 0.226. The molecular weight excluding hydrogens is 368 g/mol. The molecule has 0 saturated carbocycles. The molecule has 3 aliphatic rings. The standard InChI is InChI=1S/C22H28N4OS/c1-25-10-8-19-16(12-25)11-23-21(24-19)15-5-4-9-26(13-15)22(27)18-14-28-20-7-3-2-6-17(18)20/h11,14-15H,2-10,12-13H2,1H3/t15-/m0/s1. The van der Waals surface area contributed by atoms with Crippen LogP contribution < -0.4 is 0 Å². The second-order valence-electron chi connectivity index (χ2n) is 8.54. The average Bonchev–Trinajstić information content (AvgIpc) is 3.17. The summed E-state index contributed by atoms with van der Waals surface area (Å²) in [4.78, 5) is 28.7. The average molecular weight is 397 g/mol. The van der Waals surface area contributed by atoms with E-state index < -0.39 is 0 Å². The number of piperidine rings is 1. The van der Waals surface area contributed by atoms with Gasteiger partial charge in [0.1, 0.15) is 5.82 Å². The monoisotopic (exact) mass is 396 g/mol. The Morgan fingerprint density at radius 2 is 2.07 bits per heavy atom. The Hall–Kier alpha value is -1.79. The fourth-order valence-corrected chi connectivity index (χ4v) is 6.00. The second-order valence-corrected chi connectivity index (χ2v) is 9.50. The molecule has 1 amide bonds. The van der Waals surface area contributed by atoms with Crippen LogP contribution >= 0.6 is 11.3 Å². The predicted octanol–water partition coefficient (Wildman–Crippen LogP) is 3.42. The van der Waals surface area contributed by atoms with Gasteiger partial charge in [0.05, 0.1) is 5.56 Å². The molecule has 1 atom stereocenters. The fraction of sp³-hybridized carbons (Fsp3) is 0.591. The molecule has 0 bridgehead atoms. The second kappa shape index (κ2) is 7.56. The third-order valence-electron chi connectivity index (χ3n) is 6.51. The summed E-state index contributed by atoms with van der Waals surface area (Å²) in [5, 5.41) is 2.10. The lowest BCUT2D eigenvalue weighted by Gasteiger charge is -2.33. The lowest BCUT2D eigenvalue weighted by Crippen LogP contribution is -2.40. The quantitative estimate of drug-likeness (QED) is 0.780. The van der Waals surface area contributed by atoms with E-state index in [4.69, 9.17) is 9.97 Å². The number of thiophene rings is 1. The molecule has 0 aromatic carbocycles. The summed E-state index contributed by atoms with van der Waals surface area (Å²) in [6.07, 6.45) is 9.81. The summed E-state index contributed by atoms with van der Waals surface area (Å²) in [6, 6.07) is 0. The first-order valence-corrected chi connectivity index (χ1v) is 11.5. The van der Waals surface area contributed by atoms with Gasteiger partial charge < -0.3 is 9.80 Å². The summed E-state index contributed by atoms with van der Waals surface area (Å²) < 4.78 is 0. The van der Waals surface area contributed by atoms with Gasteiger partial charge in [-0.25, -0.2) is 9.97 Å². The number of carbonyl (C=O) groups excluding carboxylic acids is 1. The van der Waals surface area contributed by atoms with E-state index in [-0.39, 0.29) is 11.8 Å². The Morgan fingerprint density at radius 1 is 1.18 bits per heavy atom. The molecule has 6 heteroatoms. The summed E-state index contributed by atoms with van der Waals surface area (Å²) in [5.41, 5.74) is 4.76. The van der Waals surface area contributed by atoms with Crippen molar-refractivity contribution in [3.05, 3.63) is 44.7 Å². The topological polar surface area (TPSA) is 49.3 Å². The van der Waals surface area contributed by atoms with Crippen molar-refractivity contribution in [2.45, 2.75) is 57.4 Å². The Bertz CT molecular complexity index is 893. The molecule has 4 heterocycles. The van der Waals surface area contributed by atoms with E-state index in [0.717, 1.165) is 69.7 Å². The smallest absolute Gasteiger partial charge is 0.255 e. The van der Waals surface area contributed by atoms with Crippen molar-refractivity contribution < 1.29 is 4.79 Å². The summed E-state index contributed by atoms with van der Waals surface area (Å²) in [5.74, 6) is 1.42. The first kappa shape index (κ1) is 18.3. The number of aromatic nitrogens is 2. The maximum atomic E-state index is 13.3. The SMILES string of the molecule is CN1CCc2nc([C@H]3CCCN(C(=O)c4csc5c4CCCC5)C3)ncc2C1. The number of rotatable bonds is 2. The summed E-state index contributed by atoms with van der Waals surface area (Å²) >= 11 is 1.78. The molecule has 28 heavy (non-hydrogen) atoms. The highest BCUT2D eigenvalue weighted by molar-refractivity contribution is 7.10. The molecule has 2 aromatic heterocycles. The van der Waals surface area contributed by atoms with E-state index >= 15 is 0 Å². The van der Waals surface area contributed by atoms with Crippen molar-refractivity contribution >= 4 is 17.2 Å². The van der Waals surface area contributed by atoms with E-state index in [0.29, 0.717) is 0 Å². The molecule has 2 aliphatic heterocycles. The number of nitrogens with zero attached hydrogens (tertiary/aromatic N) is 4. The van der Waals surface area contributed by atoms with Crippen LogP contribution in [0.2, 0.25) is 0 Å². The van der Waals surface area contributed by atoms with E-state index in [2.05, 4.69) is 22.2 Å². The van der Waals surface area contributed by atoms with Crippen LogP contribution in [-0.4, -0.2) is 52.4 Å². The molecular formula is C22H28N4OS. The van der Waals surface area contributed by atoms with E-state index in [9.17, 15) is 4.79 Å². The number of aryl methyl sites for hydroxylation is 1. The van der Waals surface area contributed by atoms with Gasteiger partial charge in [-0.2, -0.15) is 0 Å². The molecule has 5 rings (SSSR count). The molecule has 1 fully saturated rings. The van der Waals surface area contributed by atoms with E-state index in [1.54, 1.807) is 11.3 Å². The lowest BCUT2D eigenvalue weighted by molar-refractivity contribution is 0.0703. The number of hydrogen-bond donors (Lipinski definition) is 0. The highest BCUT2D eigenvalue weighted by Crippen LogP contribution is 2.33. The molecule has 2 aromatic rings. The zero-order valence-corrected chi connectivity index (χ0v) is 17.4. The Kier molecular flexibility index (Phi) is 4.93. The zero-order valence-electron chi connectivity index (χ0n) is 16.6. The van der Waals surface area contributed by atoms with Crippen molar-refractivity contribution in [3.63, 3.8) is 0 Å². The van der Waals surface area contributed by atoms with Crippen LogP contribution in [-0.2, 0) is 25.8 Å². The van der Waals surface area contributed by atoms with Crippen LogP contribution in [0.1, 0.15) is 69.5 Å². The number of fused-ring (bicyclic) bond motifs is 2. The van der Waals surface area contributed by atoms with Crippen molar-refractivity contribution in [1.82, 2.24) is 19.8 Å². The minimum Gasteiger partial charge on any atom is -0.338 e. The van der Waals surface area contributed by atoms with Gasteiger partial charge in [0.25, 0.3) is 5.91 Å². The van der Waals surface area contributed by atoms with Crippen molar-refractivity contribution in [2.75, 3.05) is 26.7 Å². The first-order valence-electron chi connectivity index (χ1n) is 10.6. The van der Waals surface area contributed by atoms with Crippen molar-refractivity contribution in [1.29, 1.82) is 0 Å². The van der Waals surface area contributed by atoms with Gasteiger partial charge in [0, 0.05) is 66.2 Å². The maximum absolute atomic E-state index is 13.3. The molecule has 0 radical (unpaired) electrons. The van der Waals surface area contributed by atoms with Gasteiger partial charge in [-0.05, 0) is 51.1 Å².